The summed E-state index contributed by atoms with van der Waals surface area (Å²) in [6.07, 6.45) is 0.838. The summed E-state index contributed by atoms with van der Waals surface area (Å²) < 4.78 is 5.40. The highest BCUT2D eigenvalue weighted by molar-refractivity contribution is 5.87. The van der Waals surface area contributed by atoms with Gasteiger partial charge in [-0.15, -0.1) is 0 Å². The fourth-order valence-electron chi connectivity index (χ4n) is 2.04. The summed E-state index contributed by atoms with van der Waals surface area (Å²) in [7, 11) is 1.70. The number of rotatable bonds is 3. The molecule has 2 nitrogen and oxygen atoms in total. The van der Waals surface area contributed by atoms with Gasteiger partial charge in [0.15, 0.2) is 0 Å². The van der Waals surface area contributed by atoms with Crippen molar-refractivity contribution in [3.05, 3.63) is 42.0 Å². The molecule has 0 saturated carbocycles. The van der Waals surface area contributed by atoms with Crippen LogP contribution in [-0.2, 0) is 6.42 Å². The molecule has 0 heterocycles. The van der Waals surface area contributed by atoms with Gasteiger partial charge in [0.2, 0.25) is 0 Å². The van der Waals surface area contributed by atoms with Gasteiger partial charge in [-0.3, -0.25) is 0 Å². The molecule has 0 aliphatic heterocycles. The van der Waals surface area contributed by atoms with Gasteiger partial charge in [-0.2, -0.15) is 0 Å². The van der Waals surface area contributed by atoms with E-state index in [1.54, 1.807) is 7.11 Å². The van der Waals surface area contributed by atoms with Crippen LogP contribution in [0.1, 0.15) is 12.5 Å². The standard InChI is InChI=1S/C14H17NO/c1-10(15)9-13-12-6-4-3-5-11(12)7-8-14(13)16-2/h3-8,10H,9,15H2,1-2H3. The van der Waals surface area contributed by atoms with Crippen molar-refractivity contribution >= 4 is 10.8 Å². The fourth-order valence-corrected chi connectivity index (χ4v) is 2.04. The minimum atomic E-state index is 0.139. The number of nitrogens with two attached hydrogens (primary N) is 1. The SMILES string of the molecule is COc1ccc2ccccc2c1CC(C)N. The smallest absolute Gasteiger partial charge is 0.122 e. The monoisotopic (exact) mass is 215 g/mol. The molecule has 2 heteroatoms. The molecule has 2 aromatic rings. The highest BCUT2D eigenvalue weighted by Gasteiger charge is 2.09. The summed E-state index contributed by atoms with van der Waals surface area (Å²) in [6, 6.07) is 12.6. The summed E-state index contributed by atoms with van der Waals surface area (Å²) in [5, 5.41) is 2.47. The molecule has 0 aliphatic carbocycles. The molecule has 0 spiro atoms. The first kappa shape index (κ1) is 11.0. The Labute approximate surface area is 96.0 Å². The van der Waals surface area contributed by atoms with E-state index < -0.39 is 0 Å². The normalized spacial score (nSPS) is 12.7. The quantitative estimate of drug-likeness (QED) is 0.854. The summed E-state index contributed by atoms with van der Waals surface area (Å²) in [5.41, 5.74) is 7.09. The largest absolute Gasteiger partial charge is 0.496 e. The maximum Gasteiger partial charge on any atom is 0.122 e. The number of ether oxygens (including phenoxy) is 1. The van der Waals surface area contributed by atoms with Gasteiger partial charge in [-0.25, -0.2) is 0 Å². The van der Waals surface area contributed by atoms with Crippen LogP contribution in [0.15, 0.2) is 36.4 Å². The number of benzene rings is 2. The summed E-state index contributed by atoms with van der Waals surface area (Å²) in [5.74, 6) is 0.927. The molecule has 1 atom stereocenters. The molecule has 84 valence electrons. The van der Waals surface area contributed by atoms with E-state index in [1.165, 1.54) is 16.3 Å². The molecule has 2 N–H and O–H groups in total. The van der Waals surface area contributed by atoms with E-state index in [1.807, 2.05) is 25.1 Å². The van der Waals surface area contributed by atoms with Crippen molar-refractivity contribution in [2.75, 3.05) is 7.11 Å². The molecule has 0 amide bonds. The molecule has 2 aromatic carbocycles. The molecule has 0 aromatic heterocycles. The Balaban J connectivity index is 2.63. The molecule has 0 aliphatic rings. The number of hydrogen-bond donors (Lipinski definition) is 1. The van der Waals surface area contributed by atoms with Gasteiger partial charge in [-0.1, -0.05) is 30.3 Å². The molecular formula is C14H17NO. The van der Waals surface area contributed by atoms with E-state index in [0.717, 1.165) is 12.2 Å². The van der Waals surface area contributed by atoms with E-state index in [0.29, 0.717) is 0 Å². The van der Waals surface area contributed by atoms with Crippen molar-refractivity contribution in [1.82, 2.24) is 0 Å². The minimum Gasteiger partial charge on any atom is -0.496 e. The third-order valence-corrected chi connectivity index (χ3v) is 2.74. The van der Waals surface area contributed by atoms with Gasteiger partial charge >= 0.3 is 0 Å². The maximum atomic E-state index is 5.88. The number of hydrogen-bond acceptors (Lipinski definition) is 2. The number of methoxy groups -OCH3 is 1. The van der Waals surface area contributed by atoms with E-state index in [2.05, 4.69) is 18.2 Å². The summed E-state index contributed by atoms with van der Waals surface area (Å²) >= 11 is 0. The van der Waals surface area contributed by atoms with E-state index in [9.17, 15) is 0 Å². The predicted octanol–water partition coefficient (Wildman–Crippen LogP) is 2.74. The Hall–Kier alpha value is -1.54. The molecule has 0 saturated heterocycles. The maximum absolute atomic E-state index is 5.88. The van der Waals surface area contributed by atoms with Crippen LogP contribution in [0.4, 0.5) is 0 Å². The lowest BCUT2D eigenvalue weighted by Gasteiger charge is -2.13. The van der Waals surface area contributed by atoms with Gasteiger partial charge < -0.3 is 10.5 Å². The average Bonchev–Trinajstić information content (AvgIpc) is 2.29. The second-order valence-corrected chi connectivity index (χ2v) is 4.15. The van der Waals surface area contributed by atoms with Crippen molar-refractivity contribution in [3.8, 4) is 5.75 Å². The van der Waals surface area contributed by atoms with Crippen molar-refractivity contribution in [2.24, 2.45) is 5.73 Å². The molecule has 0 bridgehead atoms. The zero-order valence-corrected chi connectivity index (χ0v) is 9.73. The minimum absolute atomic E-state index is 0.139. The van der Waals surface area contributed by atoms with Gasteiger partial charge in [0, 0.05) is 11.6 Å². The Morgan fingerprint density at radius 3 is 2.62 bits per heavy atom. The Bertz CT molecular complexity index is 491. The first-order chi connectivity index (χ1) is 7.72. The van der Waals surface area contributed by atoms with Gasteiger partial charge in [0.25, 0.3) is 0 Å². The van der Waals surface area contributed by atoms with Crippen LogP contribution in [0.25, 0.3) is 10.8 Å². The van der Waals surface area contributed by atoms with Gasteiger partial charge in [0.05, 0.1) is 7.11 Å². The number of fused-ring (bicyclic) bond motifs is 1. The van der Waals surface area contributed by atoms with E-state index >= 15 is 0 Å². The second kappa shape index (κ2) is 4.54. The van der Waals surface area contributed by atoms with Crippen LogP contribution >= 0.6 is 0 Å². The zero-order chi connectivity index (χ0) is 11.5. The molecular weight excluding hydrogens is 198 g/mol. The Kier molecular flexibility index (Phi) is 3.11. The first-order valence-electron chi connectivity index (χ1n) is 5.52. The highest BCUT2D eigenvalue weighted by atomic mass is 16.5. The van der Waals surface area contributed by atoms with E-state index in [-0.39, 0.29) is 6.04 Å². The second-order valence-electron chi connectivity index (χ2n) is 4.15. The van der Waals surface area contributed by atoms with Crippen LogP contribution < -0.4 is 10.5 Å². The van der Waals surface area contributed by atoms with Crippen LogP contribution in [-0.4, -0.2) is 13.2 Å². The first-order valence-corrected chi connectivity index (χ1v) is 5.52. The predicted molar refractivity (Wildman–Crippen MR) is 67.9 cm³/mol. The van der Waals surface area contributed by atoms with Crippen molar-refractivity contribution in [3.63, 3.8) is 0 Å². The highest BCUT2D eigenvalue weighted by Crippen LogP contribution is 2.28. The van der Waals surface area contributed by atoms with Crippen molar-refractivity contribution < 1.29 is 4.74 Å². The molecule has 0 fully saturated rings. The van der Waals surface area contributed by atoms with Crippen molar-refractivity contribution in [2.45, 2.75) is 19.4 Å². The Morgan fingerprint density at radius 2 is 1.94 bits per heavy atom. The van der Waals surface area contributed by atoms with E-state index in [4.69, 9.17) is 10.5 Å². The lowest BCUT2D eigenvalue weighted by atomic mass is 9.98. The van der Waals surface area contributed by atoms with Gasteiger partial charge in [-0.05, 0) is 30.2 Å². The van der Waals surface area contributed by atoms with Crippen molar-refractivity contribution in [1.29, 1.82) is 0 Å². The lowest BCUT2D eigenvalue weighted by Crippen LogP contribution is -2.18. The summed E-state index contributed by atoms with van der Waals surface area (Å²) in [4.78, 5) is 0. The van der Waals surface area contributed by atoms with Crippen LogP contribution in [0.5, 0.6) is 5.75 Å². The zero-order valence-electron chi connectivity index (χ0n) is 9.73. The van der Waals surface area contributed by atoms with Crippen LogP contribution in [0, 0.1) is 0 Å². The Morgan fingerprint density at radius 1 is 1.19 bits per heavy atom. The van der Waals surface area contributed by atoms with Crippen LogP contribution in [0.3, 0.4) is 0 Å². The average molecular weight is 215 g/mol. The lowest BCUT2D eigenvalue weighted by molar-refractivity contribution is 0.409. The third-order valence-electron chi connectivity index (χ3n) is 2.74. The van der Waals surface area contributed by atoms with Gasteiger partial charge in [0.1, 0.15) is 5.75 Å². The topological polar surface area (TPSA) is 35.2 Å². The summed E-state index contributed by atoms with van der Waals surface area (Å²) in [6.45, 7) is 2.02. The molecule has 0 radical (unpaired) electrons. The third kappa shape index (κ3) is 2.02. The molecule has 2 rings (SSSR count). The van der Waals surface area contributed by atoms with Crippen LogP contribution in [0.2, 0.25) is 0 Å². The fraction of sp³-hybridized carbons (Fsp3) is 0.286. The molecule has 16 heavy (non-hydrogen) atoms. The molecule has 1 unspecified atom stereocenters.